The van der Waals surface area contributed by atoms with Crippen molar-refractivity contribution >= 4 is 38.9 Å². The molecule has 8 heteroatoms. The zero-order valence-corrected chi connectivity index (χ0v) is 19.9. The smallest absolute Gasteiger partial charge is 0.263 e. The molecule has 0 atom stereocenters. The largest absolute Gasteiger partial charge is 0.322 e. The first-order valence-electron chi connectivity index (χ1n) is 10.5. The van der Waals surface area contributed by atoms with Gasteiger partial charge in [0.1, 0.15) is 4.90 Å². The molecule has 34 heavy (non-hydrogen) atoms. The van der Waals surface area contributed by atoms with Crippen molar-refractivity contribution in [1.82, 2.24) is 4.98 Å². The number of halogens is 1. The number of rotatable bonds is 7. The first kappa shape index (κ1) is 23.5. The van der Waals surface area contributed by atoms with Crippen molar-refractivity contribution in [1.29, 1.82) is 0 Å². The van der Waals surface area contributed by atoms with Crippen LogP contribution in [0.3, 0.4) is 0 Å². The number of nitrogens with one attached hydrogen (secondary N) is 2. The fraction of sp³-hybridized carbons (Fsp3) is 0.0769. The number of amides is 1. The molecule has 1 amide bonds. The number of anilines is 2. The van der Waals surface area contributed by atoms with E-state index in [0.29, 0.717) is 11.4 Å². The summed E-state index contributed by atoms with van der Waals surface area (Å²) in [6.45, 7) is 1.86. The van der Waals surface area contributed by atoms with Crippen molar-refractivity contribution in [2.75, 3.05) is 10.0 Å². The molecule has 6 nitrogen and oxygen atoms in total. The first-order chi connectivity index (χ1) is 16.3. The highest BCUT2D eigenvalue weighted by Gasteiger charge is 2.20. The van der Waals surface area contributed by atoms with Gasteiger partial charge in [0, 0.05) is 29.3 Å². The van der Waals surface area contributed by atoms with Crippen LogP contribution >= 0.6 is 11.6 Å². The van der Waals surface area contributed by atoms with Gasteiger partial charge < -0.3 is 5.32 Å². The molecule has 0 bridgehead atoms. The van der Waals surface area contributed by atoms with Gasteiger partial charge in [-0.2, -0.15) is 0 Å². The lowest BCUT2D eigenvalue weighted by atomic mass is 10.1. The molecule has 0 saturated heterocycles. The highest BCUT2D eigenvalue weighted by atomic mass is 35.5. The lowest BCUT2D eigenvalue weighted by molar-refractivity contribution is 0.102. The lowest BCUT2D eigenvalue weighted by Gasteiger charge is -2.12. The third kappa shape index (κ3) is 5.81. The average Bonchev–Trinajstić information content (AvgIpc) is 2.81. The summed E-state index contributed by atoms with van der Waals surface area (Å²) in [6, 6.07) is 22.5. The van der Waals surface area contributed by atoms with Crippen molar-refractivity contribution in [3.63, 3.8) is 0 Å². The zero-order chi connectivity index (χ0) is 24.1. The van der Waals surface area contributed by atoms with Crippen LogP contribution in [0, 0.1) is 6.92 Å². The van der Waals surface area contributed by atoms with E-state index >= 15 is 0 Å². The monoisotopic (exact) mass is 491 g/mol. The number of hydrogen-bond acceptors (Lipinski definition) is 4. The maximum Gasteiger partial charge on any atom is 0.263 e. The van der Waals surface area contributed by atoms with Crippen molar-refractivity contribution in [3.8, 4) is 0 Å². The van der Waals surface area contributed by atoms with E-state index in [9.17, 15) is 13.2 Å². The summed E-state index contributed by atoms with van der Waals surface area (Å²) in [6.07, 6.45) is 4.25. The molecule has 0 saturated carbocycles. The van der Waals surface area contributed by atoms with Crippen LogP contribution in [-0.2, 0) is 16.4 Å². The van der Waals surface area contributed by atoms with Gasteiger partial charge in [-0.15, -0.1) is 0 Å². The van der Waals surface area contributed by atoms with Crippen LogP contribution in [0.5, 0.6) is 0 Å². The van der Waals surface area contributed by atoms with Crippen LogP contribution in [-0.4, -0.2) is 19.3 Å². The minimum absolute atomic E-state index is 0.0252. The number of sulfonamides is 1. The third-order valence-corrected chi connectivity index (χ3v) is 6.99. The summed E-state index contributed by atoms with van der Waals surface area (Å²) in [4.78, 5) is 16.7. The highest BCUT2D eigenvalue weighted by molar-refractivity contribution is 7.92. The van der Waals surface area contributed by atoms with Crippen LogP contribution in [0.15, 0.2) is 96.2 Å². The van der Waals surface area contributed by atoms with Gasteiger partial charge in [-0.25, -0.2) is 8.42 Å². The first-order valence-corrected chi connectivity index (χ1v) is 12.3. The predicted octanol–water partition coefficient (Wildman–Crippen LogP) is 5.69. The Kier molecular flexibility index (Phi) is 6.95. The predicted molar refractivity (Wildman–Crippen MR) is 135 cm³/mol. The van der Waals surface area contributed by atoms with E-state index in [4.69, 9.17) is 11.6 Å². The molecular formula is C26H22ClN3O3S. The van der Waals surface area contributed by atoms with Gasteiger partial charge in [0.05, 0.1) is 5.02 Å². The molecule has 1 heterocycles. The third-order valence-electron chi connectivity index (χ3n) is 5.12. The van der Waals surface area contributed by atoms with Crippen LogP contribution in [0.25, 0.3) is 0 Å². The Bertz CT molecular complexity index is 1420. The van der Waals surface area contributed by atoms with Crippen molar-refractivity contribution in [2.24, 2.45) is 0 Å². The van der Waals surface area contributed by atoms with Crippen LogP contribution in [0.1, 0.15) is 27.0 Å². The van der Waals surface area contributed by atoms with Gasteiger partial charge in [0.25, 0.3) is 15.9 Å². The summed E-state index contributed by atoms with van der Waals surface area (Å²) in [7, 11) is -3.99. The Balaban J connectivity index is 1.49. The van der Waals surface area contributed by atoms with E-state index in [2.05, 4.69) is 15.0 Å². The van der Waals surface area contributed by atoms with E-state index in [-0.39, 0.29) is 15.5 Å². The molecule has 0 aliphatic rings. The van der Waals surface area contributed by atoms with Gasteiger partial charge in [0.15, 0.2) is 0 Å². The van der Waals surface area contributed by atoms with E-state index in [0.717, 1.165) is 23.1 Å². The highest BCUT2D eigenvalue weighted by Crippen LogP contribution is 2.26. The SMILES string of the molecule is Cc1cccc(NS(=O)(=O)c2cc(C(=O)Nc3ccc(Cc4ccncc4)cc3)ccc2Cl)c1. The minimum atomic E-state index is -3.99. The standard InChI is InChI=1S/C26H22ClN3O3S/c1-18-3-2-4-23(15-18)30-34(32,33)25-17-21(7-10-24(25)27)26(31)29-22-8-5-19(6-9-22)16-20-11-13-28-14-12-20/h2-15,17,30H,16H2,1H3,(H,29,31). The van der Waals surface area contributed by atoms with Crippen molar-refractivity contribution < 1.29 is 13.2 Å². The fourth-order valence-electron chi connectivity index (χ4n) is 3.41. The quantitative estimate of drug-likeness (QED) is 0.347. The Labute approximate surface area is 203 Å². The Hall–Kier alpha value is -3.68. The molecule has 0 aliphatic heterocycles. The Morgan fingerprint density at radius 3 is 2.29 bits per heavy atom. The van der Waals surface area contributed by atoms with E-state index < -0.39 is 15.9 Å². The molecule has 0 aliphatic carbocycles. The Morgan fingerprint density at radius 1 is 0.882 bits per heavy atom. The van der Waals surface area contributed by atoms with Crippen molar-refractivity contribution in [2.45, 2.75) is 18.2 Å². The number of aryl methyl sites for hydroxylation is 1. The van der Waals surface area contributed by atoms with E-state index in [1.54, 1.807) is 42.7 Å². The van der Waals surface area contributed by atoms with Gasteiger partial charge >= 0.3 is 0 Å². The van der Waals surface area contributed by atoms with Gasteiger partial charge in [-0.05, 0) is 84.6 Å². The number of hydrogen-bond donors (Lipinski definition) is 2. The average molecular weight is 492 g/mol. The molecule has 2 N–H and O–H groups in total. The molecule has 3 aromatic carbocycles. The summed E-state index contributed by atoms with van der Waals surface area (Å²) in [5, 5.41) is 2.82. The summed E-state index contributed by atoms with van der Waals surface area (Å²) in [5.41, 5.74) is 4.33. The molecule has 0 unspecified atom stereocenters. The molecule has 4 rings (SSSR count). The summed E-state index contributed by atoms with van der Waals surface area (Å²) >= 11 is 6.17. The molecule has 0 radical (unpaired) electrons. The molecular weight excluding hydrogens is 470 g/mol. The minimum Gasteiger partial charge on any atom is -0.322 e. The molecule has 172 valence electrons. The second-order valence-corrected chi connectivity index (χ2v) is 9.86. The lowest BCUT2D eigenvalue weighted by Crippen LogP contribution is -2.16. The maximum absolute atomic E-state index is 12.9. The van der Waals surface area contributed by atoms with E-state index in [1.165, 1.54) is 18.2 Å². The van der Waals surface area contributed by atoms with E-state index in [1.807, 2.05) is 37.3 Å². The number of pyridine rings is 1. The fourth-order valence-corrected chi connectivity index (χ4v) is 4.99. The normalized spacial score (nSPS) is 11.1. The molecule has 0 fully saturated rings. The van der Waals surface area contributed by atoms with Gasteiger partial charge in [0.2, 0.25) is 0 Å². The maximum atomic E-state index is 12.9. The van der Waals surface area contributed by atoms with Crippen LogP contribution in [0.4, 0.5) is 11.4 Å². The molecule has 4 aromatic rings. The Morgan fingerprint density at radius 2 is 1.59 bits per heavy atom. The number of carbonyl (C=O) groups is 1. The zero-order valence-electron chi connectivity index (χ0n) is 18.3. The number of aromatic nitrogens is 1. The second kappa shape index (κ2) is 10.1. The van der Waals surface area contributed by atoms with Crippen LogP contribution < -0.4 is 10.0 Å². The summed E-state index contributed by atoms with van der Waals surface area (Å²) < 4.78 is 28.4. The topological polar surface area (TPSA) is 88.2 Å². The molecule has 1 aromatic heterocycles. The van der Waals surface area contributed by atoms with Gasteiger partial charge in [-0.1, -0.05) is 35.9 Å². The summed E-state index contributed by atoms with van der Waals surface area (Å²) in [5.74, 6) is -0.439. The van der Waals surface area contributed by atoms with Crippen molar-refractivity contribution in [3.05, 3.63) is 119 Å². The number of benzene rings is 3. The second-order valence-electron chi connectivity index (χ2n) is 7.80. The van der Waals surface area contributed by atoms with Gasteiger partial charge in [-0.3, -0.25) is 14.5 Å². The van der Waals surface area contributed by atoms with Crippen LogP contribution in [0.2, 0.25) is 5.02 Å². The molecule has 0 spiro atoms. The number of nitrogens with zero attached hydrogens (tertiary/aromatic N) is 1. The number of carbonyl (C=O) groups excluding carboxylic acids is 1.